The lowest BCUT2D eigenvalue weighted by molar-refractivity contribution is -0.123. The fourth-order valence-corrected chi connectivity index (χ4v) is 3.23. The van der Waals surface area contributed by atoms with Crippen molar-refractivity contribution in [3.63, 3.8) is 0 Å². The SMILES string of the molecule is CCn1ncc(Cl)c1/C=C1\NC(=S)N(C(C)c2ccccc2)C1=O. The molecule has 124 valence electrons. The number of benzene rings is 1. The van der Waals surface area contributed by atoms with Crippen LogP contribution >= 0.6 is 23.8 Å². The maximum Gasteiger partial charge on any atom is 0.277 e. The van der Waals surface area contributed by atoms with E-state index >= 15 is 0 Å². The van der Waals surface area contributed by atoms with E-state index < -0.39 is 0 Å². The summed E-state index contributed by atoms with van der Waals surface area (Å²) in [6.45, 7) is 4.58. The van der Waals surface area contributed by atoms with E-state index in [1.54, 1.807) is 21.9 Å². The maximum atomic E-state index is 12.8. The highest BCUT2D eigenvalue weighted by Gasteiger charge is 2.35. The van der Waals surface area contributed by atoms with Crippen LogP contribution in [0.1, 0.15) is 31.1 Å². The molecule has 24 heavy (non-hydrogen) atoms. The molecular formula is C17H17ClN4OS. The average Bonchev–Trinajstić information content (AvgIpc) is 3.08. The van der Waals surface area contributed by atoms with E-state index in [0.29, 0.717) is 28.1 Å². The number of amides is 1. The molecule has 3 rings (SSSR count). The van der Waals surface area contributed by atoms with Gasteiger partial charge in [-0.15, -0.1) is 0 Å². The van der Waals surface area contributed by atoms with Gasteiger partial charge in [0.15, 0.2) is 5.11 Å². The molecule has 0 bridgehead atoms. The third kappa shape index (κ3) is 2.95. The molecule has 5 nitrogen and oxygen atoms in total. The van der Waals surface area contributed by atoms with E-state index in [1.165, 1.54) is 0 Å². The quantitative estimate of drug-likeness (QED) is 0.671. The molecule has 2 aromatic rings. The maximum absolute atomic E-state index is 12.8. The molecule has 0 radical (unpaired) electrons. The van der Waals surface area contributed by atoms with Crippen LogP contribution in [0, 0.1) is 0 Å². The minimum absolute atomic E-state index is 0.156. The van der Waals surface area contributed by atoms with Crippen LogP contribution in [0.25, 0.3) is 6.08 Å². The first-order chi connectivity index (χ1) is 11.5. The summed E-state index contributed by atoms with van der Waals surface area (Å²) in [7, 11) is 0. The van der Waals surface area contributed by atoms with Crippen LogP contribution in [0.2, 0.25) is 5.02 Å². The number of aryl methyl sites for hydroxylation is 1. The number of thiocarbonyl (C=S) groups is 1. The molecular weight excluding hydrogens is 344 g/mol. The minimum atomic E-state index is -0.170. The van der Waals surface area contributed by atoms with Crippen LogP contribution in [0.4, 0.5) is 0 Å². The Balaban J connectivity index is 1.92. The molecule has 2 heterocycles. The van der Waals surface area contributed by atoms with Crippen molar-refractivity contribution in [2.75, 3.05) is 0 Å². The Morgan fingerprint density at radius 1 is 1.38 bits per heavy atom. The molecule has 1 atom stereocenters. The lowest BCUT2D eigenvalue weighted by Gasteiger charge is -2.23. The lowest BCUT2D eigenvalue weighted by atomic mass is 10.1. The van der Waals surface area contributed by atoms with Gasteiger partial charge >= 0.3 is 0 Å². The topological polar surface area (TPSA) is 50.2 Å². The second-order valence-electron chi connectivity index (χ2n) is 5.44. The molecule has 1 aromatic heterocycles. The number of hydrogen-bond donors (Lipinski definition) is 1. The molecule has 1 fully saturated rings. The van der Waals surface area contributed by atoms with Crippen LogP contribution in [0.5, 0.6) is 0 Å². The molecule has 1 aromatic carbocycles. The number of halogens is 1. The molecule has 0 aliphatic carbocycles. The Morgan fingerprint density at radius 2 is 2.08 bits per heavy atom. The summed E-state index contributed by atoms with van der Waals surface area (Å²) in [4.78, 5) is 14.4. The van der Waals surface area contributed by atoms with Crippen molar-refractivity contribution in [2.24, 2.45) is 0 Å². The Labute approximate surface area is 150 Å². The number of nitrogens with zero attached hydrogens (tertiary/aromatic N) is 3. The van der Waals surface area contributed by atoms with Gasteiger partial charge in [0, 0.05) is 6.54 Å². The molecule has 1 aliphatic rings. The normalized spacial score (nSPS) is 17.5. The van der Waals surface area contributed by atoms with Gasteiger partial charge in [-0.2, -0.15) is 5.10 Å². The zero-order valence-corrected chi connectivity index (χ0v) is 14.9. The fourth-order valence-electron chi connectivity index (χ4n) is 2.69. The molecule has 1 unspecified atom stereocenters. The molecule has 0 saturated carbocycles. The third-order valence-corrected chi connectivity index (χ3v) is 4.58. The van der Waals surface area contributed by atoms with Crippen LogP contribution in [-0.4, -0.2) is 25.7 Å². The van der Waals surface area contributed by atoms with Gasteiger partial charge in [-0.1, -0.05) is 41.9 Å². The van der Waals surface area contributed by atoms with Crippen molar-refractivity contribution in [1.29, 1.82) is 0 Å². The van der Waals surface area contributed by atoms with Gasteiger partial charge in [0.25, 0.3) is 5.91 Å². The first-order valence-corrected chi connectivity index (χ1v) is 8.44. The molecule has 1 saturated heterocycles. The molecule has 1 amide bonds. The van der Waals surface area contributed by atoms with Crippen molar-refractivity contribution in [1.82, 2.24) is 20.0 Å². The summed E-state index contributed by atoms with van der Waals surface area (Å²) >= 11 is 11.5. The smallest absolute Gasteiger partial charge is 0.277 e. The second-order valence-corrected chi connectivity index (χ2v) is 6.24. The molecule has 0 spiro atoms. The van der Waals surface area contributed by atoms with E-state index in [4.69, 9.17) is 23.8 Å². The van der Waals surface area contributed by atoms with Gasteiger partial charge in [-0.3, -0.25) is 14.4 Å². The predicted octanol–water partition coefficient (Wildman–Crippen LogP) is 3.38. The van der Waals surface area contributed by atoms with Crippen LogP contribution in [0.15, 0.2) is 42.2 Å². The Morgan fingerprint density at radius 3 is 2.75 bits per heavy atom. The Bertz CT molecular complexity index is 815. The van der Waals surface area contributed by atoms with Crippen molar-refractivity contribution >= 4 is 40.9 Å². The zero-order chi connectivity index (χ0) is 17.3. The zero-order valence-electron chi connectivity index (χ0n) is 13.4. The lowest BCUT2D eigenvalue weighted by Crippen LogP contribution is -2.33. The fraction of sp³-hybridized carbons (Fsp3) is 0.235. The summed E-state index contributed by atoms with van der Waals surface area (Å²) in [5, 5.41) is 8.06. The van der Waals surface area contributed by atoms with Crippen molar-refractivity contribution < 1.29 is 4.79 Å². The van der Waals surface area contributed by atoms with Crippen LogP contribution in [-0.2, 0) is 11.3 Å². The summed E-state index contributed by atoms with van der Waals surface area (Å²) in [6.07, 6.45) is 3.27. The van der Waals surface area contributed by atoms with E-state index in [9.17, 15) is 4.79 Å². The highest BCUT2D eigenvalue weighted by Crippen LogP contribution is 2.27. The summed E-state index contributed by atoms with van der Waals surface area (Å²) in [5.41, 5.74) is 2.11. The van der Waals surface area contributed by atoms with Gasteiger partial charge in [-0.25, -0.2) is 0 Å². The minimum Gasteiger partial charge on any atom is -0.328 e. The monoisotopic (exact) mass is 360 g/mol. The number of hydrogen-bond acceptors (Lipinski definition) is 3. The highest BCUT2D eigenvalue weighted by molar-refractivity contribution is 7.80. The van der Waals surface area contributed by atoms with Gasteiger partial charge in [0.1, 0.15) is 5.70 Å². The Hall–Kier alpha value is -2.18. The standard InChI is InChI=1S/C17H17ClN4OS/c1-3-21-15(13(18)10-19-21)9-14-16(23)22(17(24)20-14)11(2)12-7-5-4-6-8-12/h4-11H,3H2,1-2H3,(H,20,24)/b14-9-. The van der Waals surface area contributed by atoms with E-state index in [-0.39, 0.29) is 11.9 Å². The largest absolute Gasteiger partial charge is 0.328 e. The van der Waals surface area contributed by atoms with Crippen molar-refractivity contribution in [2.45, 2.75) is 26.4 Å². The summed E-state index contributed by atoms with van der Waals surface area (Å²) in [5.74, 6) is -0.170. The Kier molecular flexibility index (Phi) is 4.69. The summed E-state index contributed by atoms with van der Waals surface area (Å²) < 4.78 is 1.73. The van der Waals surface area contributed by atoms with Crippen LogP contribution in [0.3, 0.4) is 0 Å². The second kappa shape index (κ2) is 6.75. The molecule has 1 aliphatic heterocycles. The first kappa shape index (κ1) is 16.7. The number of carbonyl (C=O) groups excluding carboxylic acids is 1. The van der Waals surface area contributed by atoms with E-state index in [0.717, 1.165) is 5.56 Å². The highest BCUT2D eigenvalue weighted by atomic mass is 35.5. The first-order valence-electron chi connectivity index (χ1n) is 7.65. The molecule has 7 heteroatoms. The number of aromatic nitrogens is 2. The van der Waals surface area contributed by atoms with Gasteiger partial charge in [0.2, 0.25) is 0 Å². The number of nitrogens with one attached hydrogen (secondary N) is 1. The van der Waals surface area contributed by atoms with Crippen molar-refractivity contribution in [3.8, 4) is 0 Å². The van der Waals surface area contributed by atoms with Crippen LogP contribution < -0.4 is 5.32 Å². The van der Waals surface area contributed by atoms with Gasteiger partial charge in [0.05, 0.1) is 23.0 Å². The predicted molar refractivity (Wildman–Crippen MR) is 98.3 cm³/mol. The van der Waals surface area contributed by atoms with E-state index in [2.05, 4.69) is 10.4 Å². The van der Waals surface area contributed by atoms with E-state index in [1.807, 2.05) is 44.2 Å². The van der Waals surface area contributed by atoms with Gasteiger partial charge < -0.3 is 5.32 Å². The average molecular weight is 361 g/mol. The van der Waals surface area contributed by atoms with Crippen molar-refractivity contribution in [3.05, 3.63) is 58.5 Å². The molecule has 1 N–H and O–H groups in total. The van der Waals surface area contributed by atoms with Gasteiger partial charge in [-0.05, 0) is 37.7 Å². The number of carbonyl (C=O) groups is 1. The summed E-state index contributed by atoms with van der Waals surface area (Å²) in [6, 6.07) is 9.63. The number of rotatable bonds is 4. The third-order valence-electron chi connectivity index (χ3n) is 3.99.